The molecule has 0 aliphatic rings. The van der Waals surface area contributed by atoms with Gasteiger partial charge >= 0.3 is 0 Å². The highest BCUT2D eigenvalue weighted by molar-refractivity contribution is 6.31. The van der Waals surface area contributed by atoms with Crippen LogP contribution in [-0.2, 0) is 0 Å². The average Bonchev–Trinajstić information content (AvgIpc) is 2.45. The van der Waals surface area contributed by atoms with Gasteiger partial charge in [0.15, 0.2) is 0 Å². The highest BCUT2D eigenvalue weighted by atomic mass is 35.5. The monoisotopic (exact) mass is 289 g/mol. The highest BCUT2D eigenvalue weighted by Crippen LogP contribution is 2.32. The lowest BCUT2D eigenvalue weighted by Gasteiger charge is -2.22. The Balaban J connectivity index is 2.53. The van der Waals surface area contributed by atoms with Crippen molar-refractivity contribution in [2.75, 3.05) is 14.2 Å². The second kappa shape index (κ2) is 6.29. The molecule has 0 saturated carbocycles. The maximum Gasteiger partial charge on any atom is 0.122 e. The van der Waals surface area contributed by atoms with Crippen LogP contribution in [0.25, 0.3) is 0 Å². The molecular weight excluding hydrogens is 270 g/mol. The molecule has 20 heavy (non-hydrogen) atoms. The Bertz CT molecular complexity index is 610. The summed E-state index contributed by atoms with van der Waals surface area (Å²) in [5.41, 5.74) is 4.62. The zero-order chi connectivity index (χ0) is 14.7. The maximum atomic E-state index is 6.33. The van der Waals surface area contributed by atoms with Crippen LogP contribution < -0.4 is 10.1 Å². The smallest absolute Gasteiger partial charge is 0.122 e. The first kappa shape index (κ1) is 14.9. The van der Waals surface area contributed by atoms with Gasteiger partial charge in [-0.15, -0.1) is 0 Å². The van der Waals surface area contributed by atoms with E-state index in [1.54, 1.807) is 7.11 Å². The fourth-order valence-corrected chi connectivity index (χ4v) is 2.78. The van der Waals surface area contributed by atoms with Crippen LogP contribution in [0.3, 0.4) is 0 Å². The zero-order valence-corrected chi connectivity index (χ0v) is 13.1. The molecule has 1 atom stereocenters. The number of aryl methyl sites for hydroxylation is 2. The molecule has 0 fully saturated rings. The molecule has 106 valence electrons. The minimum Gasteiger partial charge on any atom is -0.496 e. The van der Waals surface area contributed by atoms with Crippen molar-refractivity contribution in [1.82, 2.24) is 5.32 Å². The van der Waals surface area contributed by atoms with Crippen molar-refractivity contribution in [3.05, 3.63) is 63.7 Å². The molecule has 1 N–H and O–H groups in total. The van der Waals surface area contributed by atoms with Crippen LogP contribution in [-0.4, -0.2) is 14.2 Å². The summed E-state index contributed by atoms with van der Waals surface area (Å²) in [6.07, 6.45) is 0. The Hall–Kier alpha value is -1.51. The van der Waals surface area contributed by atoms with Crippen LogP contribution in [0, 0.1) is 13.8 Å². The fourth-order valence-electron chi connectivity index (χ4n) is 2.53. The summed E-state index contributed by atoms with van der Waals surface area (Å²) in [5.74, 6) is 0.917. The predicted molar refractivity (Wildman–Crippen MR) is 84.8 cm³/mol. The summed E-state index contributed by atoms with van der Waals surface area (Å²) in [4.78, 5) is 0. The number of hydrogen-bond donors (Lipinski definition) is 1. The minimum absolute atomic E-state index is 0.0771. The summed E-state index contributed by atoms with van der Waals surface area (Å²) in [5, 5.41) is 4.13. The topological polar surface area (TPSA) is 21.3 Å². The third kappa shape index (κ3) is 2.82. The van der Waals surface area contributed by atoms with Crippen LogP contribution in [0.15, 0.2) is 36.4 Å². The largest absolute Gasteiger partial charge is 0.496 e. The predicted octanol–water partition coefficient (Wildman–Crippen LogP) is 4.27. The molecule has 0 heterocycles. The third-order valence-electron chi connectivity index (χ3n) is 3.60. The van der Waals surface area contributed by atoms with Crippen molar-refractivity contribution in [2.24, 2.45) is 0 Å². The van der Waals surface area contributed by atoms with Gasteiger partial charge < -0.3 is 10.1 Å². The van der Waals surface area contributed by atoms with Crippen molar-refractivity contribution in [2.45, 2.75) is 19.9 Å². The number of rotatable bonds is 4. The van der Waals surface area contributed by atoms with Gasteiger partial charge in [0.2, 0.25) is 0 Å². The Morgan fingerprint density at radius 3 is 2.35 bits per heavy atom. The number of halogens is 1. The van der Waals surface area contributed by atoms with Gasteiger partial charge in [-0.05, 0) is 55.3 Å². The van der Waals surface area contributed by atoms with E-state index >= 15 is 0 Å². The van der Waals surface area contributed by atoms with Crippen molar-refractivity contribution in [3.63, 3.8) is 0 Å². The average molecular weight is 290 g/mol. The number of benzene rings is 2. The van der Waals surface area contributed by atoms with Gasteiger partial charge in [0.1, 0.15) is 5.75 Å². The second-order valence-electron chi connectivity index (χ2n) is 4.92. The minimum atomic E-state index is 0.0771. The lowest BCUT2D eigenvalue weighted by atomic mass is 9.93. The first-order valence-corrected chi connectivity index (χ1v) is 7.03. The summed E-state index contributed by atoms with van der Waals surface area (Å²) in [6.45, 7) is 4.15. The normalized spacial score (nSPS) is 12.2. The van der Waals surface area contributed by atoms with E-state index in [-0.39, 0.29) is 6.04 Å². The van der Waals surface area contributed by atoms with Crippen molar-refractivity contribution in [3.8, 4) is 5.75 Å². The van der Waals surface area contributed by atoms with Gasteiger partial charge in [-0.2, -0.15) is 0 Å². The Kier molecular flexibility index (Phi) is 4.69. The van der Waals surface area contributed by atoms with Crippen LogP contribution in [0.5, 0.6) is 5.75 Å². The molecule has 2 rings (SSSR count). The van der Waals surface area contributed by atoms with E-state index in [0.29, 0.717) is 0 Å². The van der Waals surface area contributed by atoms with E-state index in [0.717, 1.165) is 21.9 Å². The van der Waals surface area contributed by atoms with Gasteiger partial charge in [-0.3, -0.25) is 0 Å². The van der Waals surface area contributed by atoms with E-state index in [9.17, 15) is 0 Å². The lowest BCUT2D eigenvalue weighted by Crippen LogP contribution is -2.19. The fraction of sp³-hybridized carbons (Fsp3) is 0.294. The van der Waals surface area contributed by atoms with Gasteiger partial charge in [-0.25, -0.2) is 0 Å². The molecule has 2 nitrogen and oxygen atoms in total. The van der Waals surface area contributed by atoms with Gasteiger partial charge in [0.05, 0.1) is 13.2 Å². The molecular formula is C17H20ClNO. The highest BCUT2D eigenvalue weighted by Gasteiger charge is 2.18. The summed E-state index contributed by atoms with van der Waals surface area (Å²) >= 11 is 6.33. The van der Waals surface area contributed by atoms with Crippen LogP contribution in [0.1, 0.15) is 28.3 Å². The quantitative estimate of drug-likeness (QED) is 0.907. The molecule has 0 aliphatic carbocycles. The summed E-state index contributed by atoms with van der Waals surface area (Å²) < 4.78 is 5.38. The SMILES string of the molecule is CNC(c1cc(C)c(OC)cc1C)c1ccccc1Cl. The Labute approximate surface area is 125 Å². The second-order valence-corrected chi connectivity index (χ2v) is 5.33. The summed E-state index contributed by atoms with van der Waals surface area (Å²) in [7, 11) is 3.65. The maximum absolute atomic E-state index is 6.33. The molecule has 0 amide bonds. The molecule has 0 bridgehead atoms. The molecule has 0 saturated heterocycles. The van der Waals surface area contributed by atoms with Crippen molar-refractivity contribution in [1.29, 1.82) is 0 Å². The van der Waals surface area contributed by atoms with E-state index < -0.39 is 0 Å². The molecule has 0 spiro atoms. The molecule has 1 unspecified atom stereocenters. The number of methoxy groups -OCH3 is 1. The van der Waals surface area contributed by atoms with Crippen molar-refractivity contribution >= 4 is 11.6 Å². The Morgan fingerprint density at radius 1 is 1.05 bits per heavy atom. The van der Waals surface area contributed by atoms with Crippen LogP contribution in [0.4, 0.5) is 0 Å². The Morgan fingerprint density at radius 2 is 1.75 bits per heavy atom. The standard InChI is InChI=1S/C17H20ClNO/c1-11-10-16(20-4)12(2)9-14(11)17(19-3)13-7-5-6-8-15(13)18/h5-10,17,19H,1-4H3. The van der Waals surface area contributed by atoms with Gasteiger partial charge in [0.25, 0.3) is 0 Å². The van der Waals surface area contributed by atoms with Crippen LogP contribution >= 0.6 is 11.6 Å². The molecule has 3 heteroatoms. The van der Waals surface area contributed by atoms with Gasteiger partial charge in [0, 0.05) is 5.02 Å². The lowest BCUT2D eigenvalue weighted by molar-refractivity contribution is 0.411. The van der Waals surface area contributed by atoms with E-state index in [1.165, 1.54) is 11.1 Å². The van der Waals surface area contributed by atoms with Gasteiger partial charge in [-0.1, -0.05) is 35.9 Å². The first-order valence-electron chi connectivity index (χ1n) is 6.65. The molecule has 2 aromatic rings. The van der Waals surface area contributed by atoms with Crippen LogP contribution in [0.2, 0.25) is 5.02 Å². The molecule has 0 aromatic heterocycles. The molecule has 2 aromatic carbocycles. The number of hydrogen-bond acceptors (Lipinski definition) is 2. The van der Waals surface area contributed by atoms with E-state index in [2.05, 4.69) is 37.4 Å². The number of nitrogens with one attached hydrogen (secondary N) is 1. The summed E-state index contributed by atoms with van der Waals surface area (Å²) in [6, 6.07) is 12.3. The third-order valence-corrected chi connectivity index (χ3v) is 3.94. The molecule has 0 aliphatic heterocycles. The van der Waals surface area contributed by atoms with Crippen molar-refractivity contribution < 1.29 is 4.74 Å². The van der Waals surface area contributed by atoms with E-state index in [1.807, 2.05) is 25.2 Å². The zero-order valence-electron chi connectivity index (χ0n) is 12.3. The first-order chi connectivity index (χ1) is 9.58. The number of ether oxygens (including phenoxy) is 1. The van der Waals surface area contributed by atoms with E-state index in [4.69, 9.17) is 16.3 Å². The molecule has 0 radical (unpaired) electrons.